The molecule has 1 aromatic heterocycles. The molecule has 0 radical (unpaired) electrons. The highest BCUT2D eigenvalue weighted by atomic mass is 16.4. The van der Waals surface area contributed by atoms with Crippen molar-refractivity contribution in [1.29, 1.82) is 5.26 Å². The van der Waals surface area contributed by atoms with Crippen molar-refractivity contribution in [2.24, 2.45) is 0 Å². The van der Waals surface area contributed by atoms with Crippen molar-refractivity contribution in [2.45, 2.75) is 0 Å². The standard InChI is InChI=1S/C14H10N4O3/c15-6-8-1-3-12(17-7-8)13(19)18-11-4-2-9(14(20)21)5-10(11)16/h1-5,7H,16H2,(H,18,19)(H,20,21). The van der Waals surface area contributed by atoms with Gasteiger partial charge < -0.3 is 16.2 Å². The smallest absolute Gasteiger partial charge is 0.335 e. The molecule has 0 aliphatic rings. The second-order valence-corrected chi connectivity index (χ2v) is 4.11. The Kier molecular flexibility index (Phi) is 3.81. The zero-order chi connectivity index (χ0) is 15.4. The summed E-state index contributed by atoms with van der Waals surface area (Å²) < 4.78 is 0. The molecule has 0 saturated carbocycles. The number of carbonyl (C=O) groups excluding carboxylic acids is 1. The molecule has 0 bridgehead atoms. The van der Waals surface area contributed by atoms with Gasteiger partial charge in [0.05, 0.1) is 22.5 Å². The minimum absolute atomic E-state index is 0.0296. The van der Waals surface area contributed by atoms with Gasteiger partial charge in [0, 0.05) is 6.20 Å². The van der Waals surface area contributed by atoms with Crippen molar-refractivity contribution in [3.8, 4) is 6.07 Å². The van der Waals surface area contributed by atoms with E-state index in [4.69, 9.17) is 16.1 Å². The number of carboxylic acids is 1. The summed E-state index contributed by atoms with van der Waals surface area (Å²) in [4.78, 5) is 26.6. The van der Waals surface area contributed by atoms with E-state index in [9.17, 15) is 9.59 Å². The van der Waals surface area contributed by atoms with Crippen LogP contribution in [0.4, 0.5) is 11.4 Å². The van der Waals surface area contributed by atoms with E-state index in [-0.39, 0.29) is 22.6 Å². The van der Waals surface area contributed by atoms with Crippen LogP contribution in [0.2, 0.25) is 0 Å². The fourth-order valence-corrected chi connectivity index (χ4v) is 1.59. The number of nitrogens with zero attached hydrogens (tertiary/aromatic N) is 2. The number of nitrogens with two attached hydrogens (primary N) is 1. The molecule has 2 rings (SSSR count). The molecular formula is C14H10N4O3. The van der Waals surface area contributed by atoms with Gasteiger partial charge in [-0.1, -0.05) is 0 Å². The summed E-state index contributed by atoms with van der Waals surface area (Å²) in [5.41, 5.74) is 6.61. The molecule has 104 valence electrons. The second-order valence-electron chi connectivity index (χ2n) is 4.11. The topological polar surface area (TPSA) is 129 Å². The van der Waals surface area contributed by atoms with Gasteiger partial charge in [-0.05, 0) is 30.3 Å². The highest BCUT2D eigenvalue weighted by Gasteiger charge is 2.11. The average Bonchev–Trinajstić information content (AvgIpc) is 2.49. The molecule has 0 aliphatic heterocycles. The number of benzene rings is 1. The van der Waals surface area contributed by atoms with Gasteiger partial charge in [-0.2, -0.15) is 5.26 Å². The Labute approximate surface area is 119 Å². The summed E-state index contributed by atoms with van der Waals surface area (Å²) in [6.07, 6.45) is 1.28. The van der Waals surface area contributed by atoms with Crippen LogP contribution in [0, 0.1) is 11.3 Å². The molecule has 0 unspecified atom stereocenters. The van der Waals surface area contributed by atoms with Gasteiger partial charge in [-0.3, -0.25) is 4.79 Å². The number of anilines is 2. The minimum atomic E-state index is -1.10. The van der Waals surface area contributed by atoms with Crippen LogP contribution in [-0.2, 0) is 0 Å². The van der Waals surface area contributed by atoms with Crippen molar-refractivity contribution in [3.05, 3.63) is 53.3 Å². The zero-order valence-corrected chi connectivity index (χ0v) is 10.7. The Hall–Kier alpha value is -3.40. The van der Waals surface area contributed by atoms with Gasteiger partial charge in [0.1, 0.15) is 11.8 Å². The lowest BCUT2D eigenvalue weighted by atomic mass is 10.1. The summed E-state index contributed by atoms with van der Waals surface area (Å²) in [7, 11) is 0. The number of nitrogens with one attached hydrogen (secondary N) is 1. The summed E-state index contributed by atoms with van der Waals surface area (Å²) >= 11 is 0. The third kappa shape index (κ3) is 3.13. The first-order chi connectivity index (χ1) is 10.0. The molecule has 0 atom stereocenters. The molecule has 4 N–H and O–H groups in total. The van der Waals surface area contributed by atoms with Crippen LogP contribution in [0.25, 0.3) is 0 Å². The Morgan fingerprint density at radius 1 is 1.29 bits per heavy atom. The van der Waals surface area contributed by atoms with Crippen molar-refractivity contribution in [1.82, 2.24) is 4.98 Å². The number of nitriles is 1. The molecule has 0 aliphatic carbocycles. The van der Waals surface area contributed by atoms with Crippen LogP contribution in [0.3, 0.4) is 0 Å². The van der Waals surface area contributed by atoms with Crippen LogP contribution >= 0.6 is 0 Å². The number of amides is 1. The maximum Gasteiger partial charge on any atom is 0.335 e. The molecule has 0 saturated heterocycles. The van der Waals surface area contributed by atoms with Crippen LogP contribution in [0.15, 0.2) is 36.5 Å². The van der Waals surface area contributed by atoms with E-state index in [1.54, 1.807) is 0 Å². The first-order valence-corrected chi connectivity index (χ1v) is 5.81. The number of aromatic nitrogens is 1. The van der Waals surface area contributed by atoms with Crippen LogP contribution in [0.5, 0.6) is 0 Å². The predicted octanol–water partition coefficient (Wildman–Crippen LogP) is 1.49. The van der Waals surface area contributed by atoms with E-state index < -0.39 is 11.9 Å². The van der Waals surface area contributed by atoms with Crippen LogP contribution in [0.1, 0.15) is 26.4 Å². The first kappa shape index (κ1) is 14.0. The third-order valence-corrected chi connectivity index (χ3v) is 2.67. The largest absolute Gasteiger partial charge is 0.478 e. The van der Waals surface area contributed by atoms with E-state index >= 15 is 0 Å². The molecule has 1 amide bonds. The number of carbonyl (C=O) groups is 2. The van der Waals surface area contributed by atoms with Crippen LogP contribution in [-0.4, -0.2) is 22.0 Å². The fourth-order valence-electron chi connectivity index (χ4n) is 1.59. The number of pyridine rings is 1. The summed E-state index contributed by atoms with van der Waals surface area (Å²) in [5.74, 6) is -1.61. The van der Waals surface area contributed by atoms with Crippen molar-refractivity contribution < 1.29 is 14.7 Å². The number of hydrogen-bond acceptors (Lipinski definition) is 5. The SMILES string of the molecule is N#Cc1ccc(C(=O)Nc2ccc(C(=O)O)cc2N)nc1. The monoisotopic (exact) mass is 282 g/mol. The van der Waals surface area contributed by atoms with Gasteiger partial charge in [0.25, 0.3) is 5.91 Å². The van der Waals surface area contributed by atoms with Gasteiger partial charge in [-0.15, -0.1) is 0 Å². The van der Waals surface area contributed by atoms with Gasteiger partial charge >= 0.3 is 5.97 Å². The van der Waals surface area contributed by atoms with E-state index in [1.807, 2.05) is 6.07 Å². The molecule has 7 nitrogen and oxygen atoms in total. The quantitative estimate of drug-likeness (QED) is 0.731. The van der Waals surface area contributed by atoms with Gasteiger partial charge in [-0.25, -0.2) is 9.78 Å². The van der Waals surface area contributed by atoms with Crippen molar-refractivity contribution in [2.75, 3.05) is 11.1 Å². The lowest BCUT2D eigenvalue weighted by Crippen LogP contribution is -2.15. The number of rotatable bonds is 3. The average molecular weight is 282 g/mol. The van der Waals surface area contributed by atoms with E-state index in [2.05, 4.69) is 10.3 Å². The number of nitrogen functional groups attached to an aromatic ring is 1. The van der Waals surface area contributed by atoms with Crippen molar-refractivity contribution >= 4 is 23.3 Å². The molecule has 0 spiro atoms. The lowest BCUT2D eigenvalue weighted by molar-refractivity contribution is 0.0697. The molecule has 1 heterocycles. The van der Waals surface area contributed by atoms with Crippen LogP contribution < -0.4 is 11.1 Å². The fraction of sp³-hybridized carbons (Fsp3) is 0. The number of carboxylic acid groups (broad SMARTS) is 1. The summed E-state index contributed by atoms with van der Waals surface area (Å²) in [6.45, 7) is 0. The maximum atomic E-state index is 12.0. The second kappa shape index (κ2) is 5.71. The number of hydrogen-bond donors (Lipinski definition) is 3. The summed E-state index contributed by atoms with van der Waals surface area (Å²) in [6, 6.07) is 8.77. The van der Waals surface area contributed by atoms with E-state index in [1.165, 1.54) is 36.5 Å². The molecule has 1 aromatic carbocycles. The Balaban J connectivity index is 2.19. The van der Waals surface area contributed by atoms with Gasteiger partial charge in [0.2, 0.25) is 0 Å². The predicted molar refractivity (Wildman–Crippen MR) is 74.7 cm³/mol. The minimum Gasteiger partial charge on any atom is -0.478 e. The molecular weight excluding hydrogens is 272 g/mol. The van der Waals surface area contributed by atoms with E-state index in [0.29, 0.717) is 5.56 Å². The molecule has 2 aromatic rings. The summed E-state index contributed by atoms with van der Waals surface area (Å²) in [5, 5.41) is 20.0. The number of aromatic carboxylic acids is 1. The van der Waals surface area contributed by atoms with E-state index in [0.717, 1.165) is 0 Å². The molecule has 0 fully saturated rings. The lowest BCUT2D eigenvalue weighted by Gasteiger charge is -2.08. The first-order valence-electron chi connectivity index (χ1n) is 5.81. The van der Waals surface area contributed by atoms with Gasteiger partial charge in [0.15, 0.2) is 0 Å². The van der Waals surface area contributed by atoms with Crippen molar-refractivity contribution in [3.63, 3.8) is 0 Å². The molecule has 21 heavy (non-hydrogen) atoms. The normalized spacial score (nSPS) is 9.67. The highest BCUT2D eigenvalue weighted by Crippen LogP contribution is 2.20. The zero-order valence-electron chi connectivity index (χ0n) is 10.7. The molecule has 7 heteroatoms. The Bertz CT molecular complexity index is 748. The Morgan fingerprint density at radius 2 is 2.05 bits per heavy atom. The Morgan fingerprint density at radius 3 is 2.57 bits per heavy atom. The highest BCUT2D eigenvalue weighted by molar-refractivity contribution is 6.05. The third-order valence-electron chi connectivity index (χ3n) is 2.67. The maximum absolute atomic E-state index is 12.0.